The van der Waals surface area contributed by atoms with Gasteiger partial charge in [0.25, 0.3) is 7.41 Å². The molecule has 3 aliphatic heterocycles. The van der Waals surface area contributed by atoms with E-state index in [1.54, 1.807) is 58.2 Å². The zero-order valence-corrected chi connectivity index (χ0v) is 70.0. The van der Waals surface area contributed by atoms with Gasteiger partial charge in [-0.3, -0.25) is 72.5 Å². The van der Waals surface area contributed by atoms with E-state index in [2.05, 4.69) is 68.7 Å². The molecule has 38 nitrogen and oxygen atoms in total. The highest BCUT2D eigenvalue weighted by atomic mass is 16.4. The lowest BCUT2D eigenvalue weighted by Gasteiger charge is -2.32. The zero-order chi connectivity index (χ0) is 90.7. The molecule has 3 saturated heterocycles. The number of carbonyl (C=O) groups excluding carboxylic acids is 14. The second-order valence-corrected chi connectivity index (χ2v) is 32.5. The van der Waals surface area contributed by atoms with Gasteiger partial charge in [-0.2, -0.15) is 0 Å². The van der Waals surface area contributed by atoms with Gasteiger partial charge in [0.1, 0.15) is 89.1 Å². The molecule has 0 bridgehead atoms. The molecule has 0 unspecified atom stereocenters. The topological polar surface area (TPSA) is 600 Å². The Morgan fingerprint density at radius 3 is 1.40 bits per heavy atom. The summed E-state index contributed by atoms with van der Waals surface area (Å²) >= 11 is 0. The number of carboxylic acids is 1. The molecule has 0 spiro atoms. The summed E-state index contributed by atoms with van der Waals surface area (Å²) in [4.78, 5) is 225. The number of fused-ring (bicyclic) bond motifs is 3. The fourth-order valence-electron chi connectivity index (χ4n) is 15.3. The highest BCUT2D eigenvalue weighted by molar-refractivity contribution is 6.73. The highest BCUT2D eigenvalue weighted by Crippen LogP contribution is 2.26. The summed E-state index contributed by atoms with van der Waals surface area (Å²) in [6, 6.07) is 10.9. The van der Waals surface area contributed by atoms with Gasteiger partial charge >= 0.3 is 5.97 Å². The molecule has 1 aromatic heterocycles. The summed E-state index contributed by atoms with van der Waals surface area (Å²) in [5.74, 6) is -15.5. The Bertz CT molecular complexity index is 4860. The van der Waals surface area contributed by atoms with Crippen molar-refractivity contribution in [1.29, 1.82) is 5.41 Å². The predicted molar refractivity (Wildman–Crippen MR) is 457 cm³/mol. The zero-order valence-electron chi connectivity index (χ0n) is 70.0. The van der Waals surface area contributed by atoms with Crippen LogP contribution in [0.1, 0.15) is 126 Å². The first-order chi connectivity index (χ1) is 59.5. The van der Waals surface area contributed by atoms with E-state index in [4.69, 9.17) is 16.9 Å². The molecule has 3 aliphatic rings. The van der Waals surface area contributed by atoms with E-state index in [9.17, 15) is 59.1 Å². The molecule has 39 heteroatoms. The normalized spacial score (nSPS) is 23.3. The summed E-state index contributed by atoms with van der Waals surface area (Å²) in [5, 5.41) is 91.9. The fourth-order valence-corrected chi connectivity index (χ4v) is 15.3. The molecule has 5 aromatic carbocycles. The number of carbonyl (C=O) groups is 15. The molecule has 125 heavy (non-hydrogen) atoms. The molecule has 0 radical (unpaired) electrons. The molecule has 12 atom stereocenters. The quantitative estimate of drug-likeness (QED) is 0.0157. The number of amides is 13. The van der Waals surface area contributed by atoms with Crippen molar-refractivity contribution in [2.75, 3.05) is 26.2 Å². The van der Waals surface area contributed by atoms with E-state index in [-0.39, 0.29) is 138 Å². The summed E-state index contributed by atoms with van der Waals surface area (Å²) in [7, 11) is -0.745. The van der Waals surface area contributed by atoms with Crippen LogP contribution in [0, 0.1) is 17.2 Å². The number of phenolic OH excluding ortho intramolecular Hbond substituents is 4. The minimum atomic E-state index is -1.89. The number of aliphatic carboxylic acids is 1. The van der Waals surface area contributed by atoms with Crippen molar-refractivity contribution in [2.24, 2.45) is 23.3 Å². The Balaban J connectivity index is 1.11. The molecule has 6 aromatic rings. The Labute approximate surface area is 721 Å². The molecule has 9 rings (SSSR count). The van der Waals surface area contributed by atoms with Crippen molar-refractivity contribution in [3.05, 3.63) is 155 Å². The number of nitrogens with one attached hydrogen (secondary N) is 14. The van der Waals surface area contributed by atoms with Crippen LogP contribution >= 0.6 is 0 Å². The van der Waals surface area contributed by atoms with Crippen LogP contribution in [0.25, 0.3) is 10.9 Å². The SMILES string of the molecule is CC(C)C[C@@H]1NC(=O)[C@H](CCC(=O)O)NC(=O)[C@H](CC(C)C)NC(=O)[C@@H]2CCCN2C(=O)[C@H](CCCNC(=N)N)NC(=O)[C@H](Cc2ccc(O)cc2)NC(=O)[C@@H]2CCCN2C(=O)[C@H](Cc2ccc(O)cc2)NC(=O)[C@H](CC(N)=O)NC(=O)[C@@H](Cc2ccc(O)cc2)NBC(=O)[C@H](Cc2ccc(O)cc2)NC(=O)[C@H](Cc2c[nH]c3ccccc23)NC(=O)CNC1=O. The first kappa shape index (κ1) is 95.2. The maximum Gasteiger partial charge on any atom is 0.303 e. The molecule has 23 N–H and O–H groups in total. The lowest BCUT2D eigenvalue weighted by atomic mass is 9.78. The van der Waals surface area contributed by atoms with E-state index < -0.39 is 200 Å². The molecule has 0 saturated carbocycles. The monoisotopic (exact) mass is 1730 g/mol. The second-order valence-electron chi connectivity index (χ2n) is 32.5. The van der Waals surface area contributed by atoms with Gasteiger partial charge in [-0.15, -0.1) is 0 Å². The number of guanidine groups is 1. The van der Waals surface area contributed by atoms with Crippen LogP contribution in [0.4, 0.5) is 0 Å². The molecular weight excluding hydrogens is 1620 g/mol. The van der Waals surface area contributed by atoms with Gasteiger partial charge in [-0.25, -0.2) is 0 Å². The van der Waals surface area contributed by atoms with Crippen LogP contribution in [-0.4, -0.2) is 241 Å². The van der Waals surface area contributed by atoms with Gasteiger partial charge in [0, 0.05) is 62.4 Å². The van der Waals surface area contributed by atoms with E-state index in [1.165, 1.54) is 107 Å². The number of aromatic hydroxyl groups is 4. The van der Waals surface area contributed by atoms with Gasteiger partial charge in [0.15, 0.2) is 5.96 Å². The molecule has 4 heterocycles. The number of para-hydroxylation sites is 1. The number of H-pyrrole nitrogens is 1. The number of hydrogen-bond acceptors (Lipinski definition) is 21. The van der Waals surface area contributed by atoms with Crippen molar-refractivity contribution in [3.8, 4) is 23.0 Å². The first-order valence-corrected chi connectivity index (χ1v) is 41.7. The minimum Gasteiger partial charge on any atom is -0.508 e. The van der Waals surface area contributed by atoms with Crippen LogP contribution in [-0.2, 0) is 104 Å². The third-order valence-corrected chi connectivity index (χ3v) is 21.7. The van der Waals surface area contributed by atoms with Crippen molar-refractivity contribution in [1.82, 2.24) is 78.5 Å². The highest BCUT2D eigenvalue weighted by Gasteiger charge is 2.44. The minimum absolute atomic E-state index is 0.0140. The number of nitrogens with two attached hydrogens (primary N) is 2. The Morgan fingerprint density at radius 1 is 0.472 bits per heavy atom. The lowest BCUT2D eigenvalue weighted by Crippen LogP contribution is -2.61. The summed E-state index contributed by atoms with van der Waals surface area (Å²) in [6.45, 7) is 5.95. The summed E-state index contributed by atoms with van der Waals surface area (Å²) < 4.78 is 0. The van der Waals surface area contributed by atoms with Crippen LogP contribution in [0.15, 0.2) is 128 Å². The Morgan fingerprint density at radius 2 is 0.880 bits per heavy atom. The number of aromatic nitrogens is 1. The van der Waals surface area contributed by atoms with E-state index in [1.807, 2.05) is 0 Å². The average molecular weight is 1730 g/mol. The number of aromatic amines is 1. The number of benzene rings is 5. The maximum absolute atomic E-state index is 15.5. The molecule has 13 amide bonds. The van der Waals surface area contributed by atoms with Crippen LogP contribution in [0.3, 0.4) is 0 Å². The van der Waals surface area contributed by atoms with E-state index in [0.29, 0.717) is 38.7 Å². The number of rotatable bonds is 23. The van der Waals surface area contributed by atoms with Gasteiger partial charge in [0.05, 0.1) is 25.0 Å². The number of carboxylic acid groups (broad SMARTS) is 1. The standard InChI is InChI=1S/C86H111BN18O20/c1-46(2)36-62-75(115)93-45-72(111)94-65(42-52-44-92-58-11-6-5-10-57(52)58)79(119)97-61(38-48-15-23-53(106)24-16-48)74(114)87-103-67(40-50-19-27-55(108)28-20-50)81(121)99-66(43-71(88)110)80(120)102-68(41-51-21-29-56(109)30-22-51)85(125)105-35-9-14-70(105)83(123)101-64(39-49-17-25-54(107)26-18-49)78(118)96-60(12-7-33-91-86(89)90)84(124)104-34-8-13-69(104)82(122)100-63(37-47(3)4)77(117)95-59(76(116)98-62)31-32-73(112)113/h5-6,10-11,15-30,44,46-47,59-70,87,92,103,106-109H,7-9,12-14,31-43,45H2,1-4H3,(H2,88,110)(H,93,115)(H,94,111)(H,95,117)(H,96,118)(H,97,119)(H,98,116)(H,99,121)(H,100,122)(H,101,123)(H,102,120)(H,112,113)(H4,89,90,91)/t59-,60-,61-,62-,63-,64-,65-,66-,67+,68-,69-,70-/m0/s1. The number of primary amides is 1. The molecular formula is C86H111BN18O20. The van der Waals surface area contributed by atoms with Crippen LogP contribution in [0.2, 0.25) is 0 Å². The number of hydrogen-bond donors (Lipinski definition) is 21. The molecule has 3 fully saturated rings. The summed E-state index contributed by atoms with van der Waals surface area (Å²) in [5.41, 5.74) is 13.3. The molecule has 668 valence electrons. The lowest BCUT2D eigenvalue weighted by molar-refractivity contribution is -0.143. The van der Waals surface area contributed by atoms with Crippen molar-refractivity contribution in [2.45, 2.75) is 203 Å². The van der Waals surface area contributed by atoms with E-state index in [0.717, 1.165) is 0 Å². The maximum atomic E-state index is 15.5. The molecule has 0 aliphatic carbocycles. The first-order valence-electron chi connectivity index (χ1n) is 41.7. The van der Waals surface area contributed by atoms with Gasteiger partial charge in [-0.1, -0.05) is 94.4 Å². The number of phenols is 4. The second kappa shape index (κ2) is 45.5. The predicted octanol–water partition coefficient (Wildman–Crippen LogP) is -1.09. The third kappa shape index (κ3) is 28.7. The Kier molecular flexibility index (Phi) is 34.7. The van der Waals surface area contributed by atoms with Crippen molar-refractivity contribution < 1.29 is 97.5 Å². The van der Waals surface area contributed by atoms with Crippen LogP contribution in [0.5, 0.6) is 23.0 Å². The largest absolute Gasteiger partial charge is 0.508 e. The van der Waals surface area contributed by atoms with Crippen molar-refractivity contribution >= 4 is 113 Å². The van der Waals surface area contributed by atoms with E-state index >= 15 is 38.4 Å². The Hall–Kier alpha value is -13.6. The van der Waals surface area contributed by atoms with Crippen molar-refractivity contribution in [3.63, 3.8) is 0 Å². The fraction of sp³-hybridized carbons (Fsp3) is 0.442. The van der Waals surface area contributed by atoms with Gasteiger partial charge in [-0.05, 0) is 165 Å². The summed E-state index contributed by atoms with van der Waals surface area (Å²) in [6.07, 6.45) is -1.75. The van der Waals surface area contributed by atoms with Gasteiger partial charge in [0.2, 0.25) is 76.8 Å². The third-order valence-electron chi connectivity index (χ3n) is 21.7. The van der Waals surface area contributed by atoms with Gasteiger partial charge < -0.3 is 120 Å². The number of nitrogens with zero attached hydrogens (tertiary/aromatic N) is 2. The van der Waals surface area contributed by atoms with Crippen LogP contribution < -0.4 is 75.2 Å². The average Bonchev–Trinajstić information content (AvgIpc) is 1.68. The smallest absolute Gasteiger partial charge is 0.303 e.